The van der Waals surface area contributed by atoms with Gasteiger partial charge in [0.05, 0.1) is 24.6 Å². The zero-order valence-electron chi connectivity index (χ0n) is 20.6. The molecule has 190 valence electrons. The molecule has 0 fully saturated rings. The summed E-state index contributed by atoms with van der Waals surface area (Å²) >= 11 is 0. The molecular weight excluding hydrogens is 470 g/mol. The number of ether oxygens (including phenoxy) is 3. The van der Waals surface area contributed by atoms with Gasteiger partial charge in [0.1, 0.15) is 13.2 Å². The maximum atomic E-state index is 14.1. The van der Waals surface area contributed by atoms with Crippen LogP contribution in [0.1, 0.15) is 21.8 Å². The summed E-state index contributed by atoms with van der Waals surface area (Å²) < 4.78 is 16.7. The van der Waals surface area contributed by atoms with Crippen molar-refractivity contribution in [3.05, 3.63) is 89.7 Å². The van der Waals surface area contributed by atoms with Crippen LogP contribution in [0.25, 0.3) is 0 Å². The number of hydrogen-bond donors (Lipinski definition) is 2. The molecule has 37 heavy (non-hydrogen) atoms. The van der Waals surface area contributed by atoms with Crippen LogP contribution in [0.5, 0.6) is 11.5 Å². The van der Waals surface area contributed by atoms with E-state index in [0.717, 1.165) is 11.1 Å². The summed E-state index contributed by atoms with van der Waals surface area (Å²) in [6.07, 6.45) is 10.2. The van der Waals surface area contributed by atoms with Crippen LogP contribution in [0.2, 0.25) is 0 Å². The van der Waals surface area contributed by atoms with Crippen LogP contribution in [0.4, 0.5) is 5.69 Å². The Bertz CT molecular complexity index is 1320. The smallest absolute Gasteiger partial charge is 0.254 e. The molecule has 3 heterocycles. The summed E-state index contributed by atoms with van der Waals surface area (Å²) in [5, 5.41) is 6.53. The van der Waals surface area contributed by atoms with E-state index in [1.54, 1.807) is 30.2 Å². The van der Waals surface area contributed by atoms with Crippen LogP contribution in [-0.2, 0) is 9.53 Å². The Morgan fingerprint density at radius 2 is 1.92 bits per heavy atom. The molecule has 0 radical (unpaired) electrons. The van der Waals surface area contributed by atoms with E-state index in [4.69, 9.17) is 14.2 Å². The monoisotopic (exact) mass is 499 g/mol. The van der Waals surface area contributed by atoms with E-state index in [1.165, 1.54) is 0 Å². The van der Waals surface area contributed by atoms with E-state index in [0.29, 0.717) is 49.1 Å². The van der Waals surface area contributed by atoms with E-state index in [2.05, 4.69) is 22.8 Å². The molecule has 0 bridgehead atoms. The summed E-state index contributed by atoms with van der Waals surface area (Å²) in [4.78, 5) is 29.7. The molecule has 2 aromatic carbocycles. The highest BCUT2D eigenvalue weighted by Gasteiger charge is 2.48. The van der Waals surface area contributed by atoms with Gasteiger partial charge in [-0.15, -0.1) is 0 Å². The Hall–Kier alpha value is -4.04. The van der Waals surface area contributed by atoms with Crippen molar-refractivity contribution in [2.24, 2.45) is 5.92 Å². The number of carbonyl (C=O) groups excluding carboxylic acids is 2. The molecule has 8 heteroatoms. The van der Waals surface area contributed by atoms with E-state index in [9.17, 15) is 9.59 Å². The molecule has 0 aromatic heterocycles. The van der Waals surface area contributed by atoms with Crippen molar-refractivity contribution >= 4 is 17.5 Å². The fourth-order valence-corrected chi connectivity index (χ4v) is 5.68. The van der Waals surface area contributed by atoms with Crippen molar-refractivity contribution < 1.29 is 23.8 Å². The van der Waals surface area contributed by atoms with Crippen LogP contribution in [0, 0.1) is 5.92 Å². The van der Waals surface area contributed by atoms with Crippen molar-refractivity contribution in [3.63, 3.8) is 0 Å². The van der Waals surface area contributed by atoms with Gasteiger partial charge in [0.25, 0.3) is 5.91 Å². The van der Waals surface area contributed by atoms with E-state index >= 15 is 0 Å². The first-order valence-electron chi connectivity index (χ1n) is 12.6. The summed E-state index contributed by atoms with van der Waals surface area (Å²) in [7, 11) is 1.62. The molecule has 2 aromatic rings. The molecule has 4 atom stereocenters. The first kappa shape index (κ1) is 23.4. The lowest BCUT2D eigenvalue weighted by molar-refractivity contribution is -0.118. The van der Waals surface area contributed by atoms with Crippen LogP contribution in [-0.4, -0.2) is 62.3 Å². The molecular formula is C29H29N3O5. The van der Waals surface area contributed by atoms with Crippen LogP contribution >= 0.6 is 0 Å². The standard InChI is InChI=1S/C29H29N3O5/c1-35-13-12-32-27(22-17-30-23-9-5-4-6-19(22)23)26(20-7-2-3-8-21(20)29(32)34)28(33)31-18-10-11-24-25(16-18)37-15-14-36-24/h2-11,16-17,19,23,26-27,30H,12-15H2,1H3,(H,31,33). The molecule has 2 N–H and O–H groups in total. The third kappa shape index (κ3) is 4.17. The minimum absolute atomic E-state index is 0.0442. The van der Waals surface area contributed by atoms with E-state index in [1.807, 2.05) is 42.6 Å². The molecule has 0 saturated carbocycles. The lowest BCUT2D eigenvalue weighted by atomic mass is 9.75. The Kier molecular flexibility index (Phi) is 6.18. The zero-order valence-corrected chi connectivity index (χ0v) is 20.6. The lowest BCUT2D eigenvalue weighted by Gasteiger charge is -2.43. The molecule has 4 aliphatic rings. The van der Waals surface area contributed by atoms with Gasteiger partial charge >= 0.3 is 0 Å². The van der Waals surface area contributed by atoms with Crippen LogP contribution in [0.3, 0.4) is 0 Å². The Balaban J connectivity index is 1.41. The number of amides is 2. The van der Waals surface area contributed by atoms with Crippen LogP contribution in [0.15, 0.2) is 78.5 Å². The van der Waals surface area contributed by atoms with Gasteiger partial charge < -0.3 is 29.7 Å². The van der Waals surface area contributed by atoms with E-state index in [-0.39, 0.29) is 23.8 Å². The fraction of sp³-hybridized carbons (Fsp3) is 0.310. The molecule has 0 saturated heterocycles. The second-order valence-electron chi connectivity index (χ2n) is 9.48. The molecule has 4 unspecified atom stereocenters. The molecule has 8 nitrogen and oxygen atoms in total. The van der Waals surface area contributed by atoms with E-state index < -0.39 is 12.0 Å². The maximum Gasteiger partial charge on any atom is 0.254 e. The number of benzene rings is 2. The predicted molar refractivity (Wildman–Crippen MR) is 139 cm³/mol. The van der Waals surface area contributed by atoms with Crippen molar-refractivity contribution in [2.75, 3.05) is 38.8 Å². The minimum Gasteiger partial charge on any atom is -0.486 e. The lowest BCUT2D eigenvalue weighted by Crippen LogP contribution is -2.54. The Morgan fingerprint density at radius 1 is 1.11 bits per heavy atom. The van der Waals surface area contributed by atoms with Crippen molar-refractivity contribution in [1.29, 1.82) is 0 Å². The topological polar surface area (TPSA) is 89.1 Å². The van der Waals surface area contributed by atoms with Gasteiger partial charge in [-0.25, -0.2) is 0 Å². The third-order valence-electron chi connectivity index (χ3n) is 7.37. The van der Waals surface area contributed by atoms with Gasteiger partial charge in [0.15, 0.2) is 11.5 Å². The molecule has 2 amide bonds. The maximum absolute atomic E-state index is 14.1. The van der Waals surface area contributed by atoms with Gasteiger partial charge in [0.2, 0.25) is 5.91 Å². The van der Waals surface area contributed by atoms with Gasteiger partial charge in [0, 0.05) is 36.9 Å². The number of methoxy groups -OCH3 is 1. The Labute approximate surface area is 215 Å². The average Bonchev–Trinajstić information content (AvgIpc) is 3.36. The highest BCUT2D eigenvalue weighted by atomic mass is 16.6. The number of nitrogens with one attached hydrogen (secondary N) is 2. The fourth-order valence-electron chi connectivity index (χ4n) is 5.68. The Morgan fingerprint density at radius 3 is 2.78 bits per heavy atom. The number of rotatable bonds is 6. The first-order valence-corrected chi connectivity index (χ1v) is 12.6. The zero-order chi connectivity index (χ0) is 25.4. The number of anilines is 1. The summed E-state index contributed by atoms with van der Waals surface area (Å²) in [5.74, 6) is 0.398. The molecule has 0 spiro atoms. The summed E-state index contributed by atoms with van der Waals surface area (Å²) in [5.41, 5.74) is 2.88. The van der Waals surface area contributed by atoms with Gasteiger partial charge in [-0.3, -0.25) is 9.59 Å². The quantitative estimate of drug-likeness (QED) is 0.635. The average molecular weight is 500 g/mol. The summed E-state index contributed by atoms with van der Waals surface area (Å²) in [6.45, 7) is 1.70. The van der Waals surface area contributed by atoms with Crippen LogP contribution < -0.4 is 20.1 Å². The number of allylic oxidation sites excluding steroid dienone is 2. The largest absolute Gasteiger partial charge is 0.486 e. The first-order chi connectivity index (χ1) is 18.2. The van der Waals surface area contributed by atoms with Crippen molar-refractivity contribution in [3.8, 4) is 11.5 Å². The SMILES string of the molecule is COCCN1C(=O)c2ccccc2C(C(=O)Nc2ccc3c(c2)OCCO3)C1C1=CNC2C=CC=CC12. The molecule has 6 rings (SSSR count). The number of carbonyl (C=O) groups is 2. The minimum atomic E-state index is -0.620. The second-order valence-corrected chi connectivity index (χ2v) is 9.48. The van der Waals surface area contributed by atoms with Crippen molar-refractivity contribution in [2.45, 2.75) is 18.0 Å². The molecule has 3 aliphatic heterocycles. The van der Waals surface area contributed by atoms with Gasteiger partial charge in [-0.2, -0.15) is 0 Å². The highest BCUT2D eigenvalue weighted by molar-refractivity contribution is 6.05. The second kappa shape index (κ2) is 9.78. The van der Waals surface area contributed by atoms with Gasteiger partial charge in [-0.05, 0) is 35.5 Å². The normalized spacial score (nSPS) is 25.2. The third-order valence-corrected chi connectivity index (χ3v) is 7.37. The number of fused-ring (bicyclic) bond motifs is 3. The van der Waals surface area contributed by atoms with Crippen molar-refractivity contribution in [1.82, 2.24) is 10.2 Å². The highest BCUT2D eigenvalue weighted by Crippen LogP contribution is 2.43. The number of hydrogen-bond acceptors (Lipinski definition) is 6. The molecule has 1 aliphatic carbocycles. The van der Waals surface area contributed by atoms with Gasteiger partial charge in [-0.1, -0.05) is 42.5 Å². The number of nitrogens with zero attached hydrogens (tertiary/aromatic N) is 1. The predicted octanol–water partition coefficient (Wildman–Crippen LogP) is 3.25. The summed E-state index contributed by atoms with van der Waals surface area (Å²) in [6, 6.07) is 12.4.